The average molecular weight is 315 g/mol. The highest BCUT2D eigenvalue weighted by Gasteiger charge is 2.27. The lowest BCUT2D eigenvalue weighted by Gasteiger charge is -2.22. The molecule has 1 nitrogen and oxygen atoms in total. The zero-order chi connectivity index (χ0) is 12.5. The summed E-state index contributed by atoms with van der Waals surface area (Å²) in [4.78, 5) is 0.863. The molecule has 0 aliphatic heterocycles. The van der Waals surface area contributed by atoms with Gasteiger partial charge in [-0.1, -0.05) is 12.1 Å². The first-order chi connectivity index (χ1) is 7.99. The van der Waals surface area contributed by atoms with Gasteiger partial charge >= 0.3 is 0 Å². The van der Waals surface area contributed by atoms with Crippen molar-refractivity contribution < 1.29 is 9.50 Å². The van der Waals surface area contributed by atoms with E-state index in [0.717, 1.165) is 14.9 Å². The van der Waals surface area contributed by atoms with Crippen molar-refractivity contribution in [3.8, 4) is 0 Å². The Bertz CT molecular complexity index is 522. The highest BCUT2D eigenvalue weighted by atomic mass is 79.9. The summed E-state index contributed by atoms with van der Waals surface area (Å²) in [7, 11) is 0. The summed E-state index contributed by atoms with van der Waals surface area (Å²) in [6.45, 7) is 1.74. The monoisotopic (exact) mass is 314 g/mol. The molecule has 90 valence electrons. The smallest absolute Gasteiger partial charge is 0.123 e. The normalized spacial score (nSPS) is 14.6. The Morgan fingerprint density at radius 1 is 1.41 bits per heavy atom. The van der Waals surface area contributed by atoms with Crippen molar-refractivity contribution in [1.29, 1.82) is 0 Å². The van der Waals surface area contributed by atoms with Crippen LogP contribution in [-0.4, -0.2) is 5.11 Å². The van der Waals surface area contributed by atoms with Gasteiger partial charge in [-0.25, -0.2) is 4.39 Å². The molecule has 0 spiro atoms. The van der Waals surface area contributed by atoms with E-state index in [1.54, 1.807) is 13.0 Å². The Morgan fingerprint density at radius 3 is 2.76 bits per heavy atom. The van der Waals surface area contributed by atoms with Gasteiger partial charge in [0.1, 0.15) is 11.4 Å². The van der Waals surface area contributed by atoms with Crippen LogP contribution in [0.5, 0.6) is 0 Å². The third kappa shape index (κ3) is 2.94. The van der Waals surface area contributed by atoms with Crippen molar-refractivity contribution in [2.75, 3.05) is 0 Å². The first-order valence-corrected chi connectivity index (χ1v) is 6.86. The molecule has 1 atom stereocenters. The van der Waals surface area contributed by atoms with Crippen LogP contribution in [0.25, 0.3) is 0 Å². The number of hydrogen-bond donors (Lipinski definition) is 1. The van der Waals surface area contributed by atoms with Crippen LogP contribution in [0.1, 0.15) is 17.4 Å². The second-order valence-corrected chi connectivity index (χ2v) is 5.95. The van der Waals surface area contributed by atoms with E-state index in [-0.39, 0.29) is 5.82 Å². The summed E-state index contributed by atoms with van der Waals surface area (Å²) in [5.41, 5.74) is -0.198. The maximum absolute atomic E-state index is 13.1. The van der Waals surface area contributed by atoms with Crippen molar-refractivity contribution in [3.05, 3.63) is 56.4 Å². The SMILES string of the molecule is CC(O)(Cc1cccc(F)c1)c1sccc1Br. The molecule has 0 aliphatic carbocycles. The van der Waals surface area contributed by atoms with E-state index in [0.29, 0.717) is 6.42 Å². The molecule has 2 rings (SSSR count). The molecule has 17 heavy (non-hydrogen) atoms. The zero-order valence-corrected chi connectivity index (χ0v) is 11.7. The number of thiophene rings is 1. The van der Waals surface area contributed by atoms with Gasteiger partial charge in [0.25, 0.3) is 0 Å². The Morgan fingerprint density at radius 2 is 2.18 bits per heavy atom. The van der Waals surface area contributed by atoms with Crippen LogP contribution >= 0.6 is 27.3 Å². The van der Waals surface area contributed by atoms with Crippen LogP contribution in [-0.2, 0) is 12.0 Å². The number of aliphatic hydroxyl groups is 1. The first-order valence-electron chi connectivity index (χ1n) is 5.19. The number of halogens is 2. The van der Waals surface area contributed by atoms with Crippen molar-refractivity contribution >= 4 is 27.3 Å². The van der Waals surface area contributed by atoms with E-state index >= 15 is 0 Å². The van der Waals surface area contributed by atoms with Gasteiger partial charge in [0, 0.05) is 10.9 Å². The zero-order valence-electron chi connectivity index (χ0n) is 9.28. The Balaban J connectivity index is 2.26. The van der Waals surface area contributed by atoms with Gasteiger partial charge in [-0.2, -0.15) is 0 Å². The molecule has 0 amide bonds. The third-order valence-corrected chi connectivity index (χ3v) is 4.63. The topological polar surface area (TPSA) is 20.2 Å². The quantitative estimate of drug-likeness (QED) is 0.904. The van der Waals surface area contributed by atoms with Gasteiger partial charge in [-0.3, -0.25) is 0 Å². The Labute approximate surface area is 112 Å². The predicted octanol–water partition coefficient (Wildman–Crippen LogP) is 4.10. The van der Waals surface area contributed by atoms with Crippen LogP contribution in [0.4, 0.5) is 4.39 Å². The summed E-state index contributed by atoms with van der Waals surface area (Å²) in [6, 6.07) is 8.23. The fraction of sp³-hybridized carbons (Fsp3) is 0.231. The van der Waals surface area contributed by atoms with Gasteiger partial charge in [-0.15, -0.1) is 11.3 Å². The molecule has 1 N–H and O–H groups in total. The highest BCUT2D eigenvalue weighted by molar-refractivity contribution is 9.10. The summed E-state index contributed by atoms with van der Waals surface area (Å²) >= 11 is 4.90. The fourth-order valence-electron chi connectivity index (χ4n) is 1.80. The second kappa shape index (κ2) is 4.88. The van der Waals surface area contributed by atoms with Gasteiger partial charge < -0.3 is 5.11 Å². The van der Waals surface area contributed by atoms with E-state index < -0.39 is 5.60 Å². The summed E-state index contributed by atoms with van der Waals surface area (Å²) in [5.74, 6) is -0.274. The van der Waals surface area contributed by atoms with Crippen molar-refractivity contribution in [2.45, 2.75) is 18.9 Å². The maximum atomic E-state index is 13.1. The van der Waals surface area contributed by atoms with E-state index in [9.17, 15) is 9.50 Å². The van der Waals surface area contributed by atoms with Crippen LogP contribution < -0.4 is 0 Å². The molecular weight excluding hydrogens is 303 g/mol. The standard InChI is InChI=1S/C13H12BrFOS/c1-13(16,12-11(14)5-6-17-12)8-9-3-2-4-10(15)7-9/h2-7,16H,8H2,1H3. The number of benzene rings is 1. The highest BCUT2D eigenvalue weighted by Crippen LogP contribution is 2.35. The average Bonchev–Trinajstić information content (AvgIpc) is 2.64. The maximum Gasteiger partial charge on any atom is 0.123 e. The van der Waals surface area contributed by atoms with Crippen LogP contribution in [0.2, 0.25) is 0 Å². The molecule has 0 radical (unpaired) electrons. The molecule has 0 fully saturated rings. The van der Waals surface area contributed by atoms with Crippen LogP contribution in [0.3, 0.4) is 0 Å². The third-order valence-electron chi connectivity index (χ3n) is 2.54. The van der Waals surface area contributed by atoms with E-state index in [1.807, 2.05) is 17.5 Å². The second-order valence-electron chi connectivity index (χ2n) is 4.18. The molecular formula is C13H12BrFOS. The van der Waals surface area contributed by atoms with E-state index in [1.165, 1.54) is 23.5 Å². The lowest BCUT2D eigenvalue weighted by Crippen LogP contribution is -2.23. The lowest BCUT2D eigenvalue weighted by atomic mass is 9.95. The molecule has 1 unspecified atom stereocenters. The van der Waals surface area contributed by atoms with E-state index in [2.05, 4.69) is 15.9 Å². The van der Waals surface area contributed by atoms with Crippen molar-refractivity contribution in [1.82, 2.24) is 0 Å². The molecule has 0 saturated heterocycles. The van der Waals surface area contributed by atoms with Gasteiger partial charge in [-0.05, 0) is 52.0 Å². The molecule has 4 heteroatoms. The fourth-order valence-corrected chi connectivity index (χ4v) is 3.66. The van der Waals surface area contributed by atoms with E-state index in [4.69, 9.17) is 0 Å². The Hall–Kier alpha value is -0.710. The minimum Gasteiger partial charge on any atom is -0.384 e. The first kappa shape index (κ1) is 12.7. The Kier molecular flexibility index (Phi) is 3.66. The minimum absolute atomic E-state index is 0.274. The molecule has 0 bridgehead atoms. The van der Waals surface area contributed by atoms with Gasteiger partial charge in [0.2, 0.25) is 0 Å². The largest absolute Gasteiger partial charge is 0.384 e. The molecule has 0 saturated carbocycles. The lowest BCUT2D eigenvalue weighted by molar-refractivity contribution is 0.0608. The molecule has 1 aromatic heterocycles. The summed E-state index contributed by atoms with van der Waals surface area (Å²) in [6.07, 6.45) is 0.393. The molecule has 1 aromatic carbocycles. The van der Waals surface area contributed by atoms with Gasteiger partial charge in [0.15, 0.2) is 0 Å². The van der Waals surface area contributed by atoms with Crippen LogP contribution in [0, 0.1) is 5.82 Å². The van der Waals surface area contributed by atoms with Crippen molar-refractivity contribution in [3.63, 3.8) is 0 Å². The van der Waals surface area contributed by atoms with Gasteiger partial charge in [0.05, 0.1) is 4.88 Å². The number of hydrogen-bond acceptors (Lipinski definition) is 2. The summed E-state index contributed by atoms with van der Waals surface area (Å²) < 4.78 is 14.0. The number of rotatable bonds is 3. The minimum atomic E-state index is -0.985. The van der Waals surface area contributed by atoms with Crippen molar-refractivity contribution in [2.24, 2.45) is 0 Å². The summed E-state index contributed by atoms with van der Waals surface area (Å²) in [5, 5.41) is 12.4. The predicted molar refractivity (Wildman–Crippen MR) is 71.7 cm³/mol. The van der Waals surface area contributed by atoms with Crippen LogP contribution in [0.15, 0.2) is 40.2 Å². The molecule has 1 heterocycles. The molecule has 0 aliphatic rings. The molecule has 2 aromatic rings.